The molecule has 0 unspecified atom stereocenters. The van der Waals surface area contributed by atoms with Crippen molar-refractivity contribution in [2.45, 2.75) is 110 Å². The largest absolute Gasteiger partial charge is 0.409 e. The highest BCUT2D eigenvalue weighted by Gasteiger charge is 2.32. The van der Waals surface area contributed by atoms with Crippen molar-refractivity contribution in [2.75, 3.05) is 0 Å². The fourth-order valence-electron chi connectivity index (χ4n) is 3.18. The molecule has 0 radical (unpaired) electrons. The molecule has 5 heteroatoms. The van der Waals surface area contributed by atoms with Gasteiger partial charge in [0.05, 0.1) is 0 Å². The topological polar surface area (TPSA) is 63.7 Å². The molecule has 0 atom stereocenters. The number of carbonyl (C=O) groups is 3. The molecule has 0 spiro atoms. The van der Waals surface area contributed by atoms with E-state index in [2.05, 4.69) is 35.8 Å². The van der Waals surface area contributed by atoms with Gasteiger partial charge in [-0.1, -0.05) is 76.4 Å². The van der Waals surface area contributed by atoms with Crippen LogP contribution < -0.4 is 0 Å². The number of hydrogen-bond donors (Lipinski definition) is 0. The lowest BCUT2D eigenvalue weighted by atomic mass is 10.1. The fourth-order valence-corrected chi connectivity index (χ4v) is 3.18. The van der Waals surface area contributed by atoms with Gasteiger partial charge in [-0.25, -0.2) is 4.79 Å². The first kappa shape index (κ1) is 24.9. The molecule has 162 valence electrons. The van der Waals surface area contributed by atoms with Crippen LogP contribution in [0.5, 0.6) is 0 Å². The van der Waals surface area contributed by atoms with Gasteiger partial charge >= 0.3 is 5.97 Å². The molecule has 0 N–H and O–H groups in total. The van der Waals surface area contributed by atoms with Gasteiger partial charge in [0.25, 0.3) is 11.8 Å². The Hall–Kier alpha value is -2.09. The van der Waals surface area contributed by atoms with Gasteiger partial charge in [-0.05, 0) is 32.1 Å². The molecule has 1 heterocycles. The Morgan fingerprint density at radius 2 is 1.38 bits per heavy atom. The molecule has 0 aromatic carbocycles. The Morgan fingerprint density at radius 3 is 1.97 bits per heavy atom. The molecule has 1 aliphatic rings. The van der Waals surface area contributed by atoms with Crippen molar-refractivity contribution >= 4 is 17.8 Å². The molecule has 1 saturated heterocycles. The van der Waals surface area contributed by atoms with Crippen molar-refractivity contribution in [1.82, 2.24) is 5.06 Å². The molecule has 29 heavy (non-hydrogen) atoms. The van der Waals surface area contributed by atoms with E-state index in [0.29, 0.717) is 11.5 Å². The van der Waals surface area contributed by atoms with Crippen LogP contribution in [-0.4, -0.2) is 22.8 Å². The van der Waals surface area contributed by atoms with E-state index < -0.39 is 17.8 Å². The van der Waals surface area contributed by atoms with Gasteiger partial charge in [0.15, 0.2) is 0 Å². The number of hydrogen-bond acceptors (Lipinski definition) is 4. The quantitative estimate of drug-likeness (QED) is 0.154. The van der Waals surface area contributed by atoms with E-state index >= 15 is 0 Å². The maximum atomic E-state index is 11.5. The number of amides is 2. The van der Waals surface area contributed by atoms with E-state index in [-0.39, 0.29) is 12.8 Å². The minimum Gasteiger partial charge on any atom is -0.318 e. The Kier molecular flexibility index (Phi) is 14.5. The molecular weight excluding hydrogens is 366 g/mol. The van der Waals surface area contributed by atoms with Crippen LogP contribution in [0.1, 0.15) is 110 Å². The molecule has 1 aliphatic heterocycles. The van der Waals surface area contributed by atoms with Gasteiger partial charge < -0.3 is 4.84 Å². The second-order valence-electron chi connectivity index (χ2n) is 7.60. The number of carbonyl (C=O) groups excluding carboxylic acids is 3. The van der Waals surface area contributed by atoms with E-state index in [9.17, 15) is 14.4 Å². The highest BCUT2D eigenvalue weighted by molar-refractivity contribution is 6.02. The van der Waals surface area contributed by atoms with Gasteiger partial charge in [-0.3, -0.25) is 9.59 Å². The summed E-state index contributed by atoms with van der Waals surface area (Å²) < 4.78 is 0. The van der Waals surface area contributed by atoms with E-state index in [4.69, 9.17) is 0 Å². The summed E-state index contributed by atoms with van der Waals surface area (Å²) in [6.07, 6.45) is 21.6. The zero-order valence-electron chi connectivity index (χ0n) is 18.0. The zero-order chi connectivity index (χ0) is 21.2. The summed E-state index contributed by atoms with van der Waals surface area (Å²) in [5.74, 6) is 3.25. The molecule has 0 aromatic heterocycles. The normalized spacial score (nSPS) is 13.8. The third kappa shape index (κ3) is 12.9. The molecular formula is C24H37NO4. The number of nitrogens with zero attached hydrogens (tertiary/aromatic N) is 1. The Balaban J connectivity index is 1.90. The van der Waals surface area contributed by atoms with Crippen LogP contribution in [0.2, 0.25) is 0 Å². The van der Waals surface area contributed by atoms with E-state index in [1.807, 2.05) is 0 Å². The van der Waals surface area contributed by atoms with E-state index in [1.54, 1.807) is 0 Å². The van der Waals surface area contributed by atoms with E-state index in [0.717, 1.165) is 25.7 Å². The predicted molar refractivity (Wildman–Crippen MR) is 114 cm³/mol. The van der Waals surface area contributed by atoms with E-state index in [1.165, 1.54) is 57.8 Å². The number of hydroxylamine groups is 2. The average Bonchev–Trinajstić information content (AvgIpc) is 3.02. The molecule has 0 saturated carbocycles. The van der Waals surface area contributed by atoms with Gasteiger partial charge in [0.2, 0.25) is 0 Å². The van der Waals surface area contributed by atoms with Crippen molar-refractivity contribution in [2.24, 2.45) is 0 Å². The average molecular weight is 404 g/mol. The fraction of sp³-hybridized carbons (Fsp3) is 0.708. The first-order chi connectivity index (χ1) is 14.1. The summed E-state index contributed by atoms with van der Waals surface area (Å²) in [6.45, 7) is 2.26. The van der Waals surface area contributed by atoms with Crippen molar-refractivity contribution in [1.29, 1.82) is 0 Å². The lowest BCUT2D eigenvalue weighted by Gasteiger charge is -2.09. The maximum absolute atomic E-state index is 11.5. The lowest BCUT2D eigenvalue weighted by molar-refractivity contribution is -0.193. The highest BCUT2D eigenvalue weighted by Crippen LogP contribution is 2.12. The Morgan fingerprint density at radius 1 is 0.862 bits per heavy atom. The Labute approximate surface area is 176 Å². The van der Waals surface area contributed by atoms with Gasteiger partial charge in [-0.15, -0.1) is 5.06 Å². The number of imide groups is 1. The second kappa shape index (κ2) is 16.8. The summed E-state index contributed by atoms with van der Waals surface area (Å²) >= 11 is 0. The molecule has 5 nitrogen and oxygen atoms in total. The third-order valence-electron chi connectivity index (χ3n) is 4.93. The molecule has 0 bridgehead atoms. The minimum absolute atomic E-state index is 0.0904. The molecule has 0 aliphatic carbocycles. The minimum atomic E-state index is -0.850. The predicted octanol–water partition coefficient (Wildman–Crippen LogP) is 5.63. The van der Waals surface area contributed by atoms with Gasteiger partial charge in [0.1, 0.15) is 0 Å². The van der Waals surface area contributed by atoms with Crippen molar-refractivity contribution < 1.29 is 19.2 Å². The van der Waals surface area contributed by atoms with Crippen LogP contribution in [0.25, 0.3) is 0 Å². The summed E-state index contributed by atoms with van der Waals surface area (Å²) in [7, 11) is 0. The van der Waals surface area contributed by atoms with Crippen LogP contribution in [0, 0.1) is 11.8 Å². The lowest BCUT2D eigenvalue weighted by Crippen LogP contribution is -2.31. The SMILES string of the molecule is CCCCCCCCCC/C=C\CCCCCC#CC(=O)ON1C(=O)CCC1=O. The van der Waals surface area contributed by atoms with Crippen LogP contribution in [0.15, 0.2) is 12.2 Å². The van der Waals surface area contributed by atoms with Gasteiger partial charge in [0, 0.05) is 25.2 Å². The van der Waals surface area contributed by atoms with Crippen molar-refractivity contribution in [3.05, 3.63) is 12.2 Å². The van der Waals surface area contributed by atoms with Crippen LogP contribution in [0.4, 0.5) is 0 Å². The summed E-state index contributed by atoms with van der Waals surface area (Å²) in [6, 6.07) is 0. The summed E-state index contributed by atoms with van der Waals surface area (Å²) in [4.78, 5) is 38.8. The Bertz CT molecular complexity index is 569. The third-order valence-corrected chi connectivity index (χ3v) is 4.93. The highest BCUT2D eigenvalue weighted by atomic mass is 16.7. The number of unbranched alkanes of at least 4 members (excludes halogenated alkanes) is 12. The second-order valence-corrected chi connectivity index (χ2v) is 7.60. The summed E-state index contributed by atoms with van der Waals surface area (Å²) in [5.41, 5.74) is 0. The smallest absolute Gasteiger partial charge is 0.318 e. The monoisotopic (exact) mass is 403 g/mol. The van der Waals surface area contributed by atoms with Crippen molar-refractivity contribution in [3.8, 4) is 11.8 Å². The molecule has 2 amide bonds. The summed E-state index contributed by atoms with van der Waals surface area (Å²) in [5, 5.41) is 0.525. The first-order valence-corrected chi connectivity index (χ1v) is 11.4. The van der Waals surface area contributed by atoms with Crippen LogP contribution in [-0.2, 0) is 19.2 Å². The molecule has 1 rings (SSSR count). The van der Waals surface area contributed by atoms with Crippen LogP contribution >= 0.6 is 0 Å². The zero-order valence-corrected chi connectivity index (χ0v) is 18.0. The number of rotatable bonds is 15. The van der Waals surface area contributed by atoms with Crippen molar-refractivity contribution in [3.63, 3.8) is 0 Å². The first-order valence-electron chi connectivity index (χ1n) is 11.4. The maximum Gasteiger partial charge on any atom is 0.409 e. The standard InChI is InChI=1S/C24H37NO4/c1-2-3-4-5-6-7-8-9-10-11-12-13-14-15-16-17-18-19-24(28)29-25-22(26)20-21-23(25)27/h11-12H,2-10,13-17,20-21H2,1H3/b12-11-. The van der Waals surface area contributed by atoms with Gasteiger partial charge in [-0.2, -0.15) is 0 Å². The molecule has 1 fully saturated rings. The molecule has 0 aromatic rings. The number of allylic oxidation sites excluding steroid dienone is 2. The van der Waals surface area contributed by atoms with Crippen LogP contribution in [0.3, 0.4) is 0 Å².